The zero-order valence-electron chi connectivity index (χ0n) is 23.7. The molecule has 0 aliphatic carbocycles. The molecule has 2 aromatic heterocycles. The SMILES string of the molecule is Cc1ccc(NC(=O)c2ccc(CN3CCN(C)CC3)c(C(C)C)c2)cc1Nc1nccc(-c2cccnc2)n1. The van der Waals surface area contributed by atoms with E-state index in [9.17, 15) is 4.79 Å². The molecule has 206 valence electrons. The van der Waals surface area contributed by atoms with Gasteiger partial charge in [0, 0.05) is 73.8 Å². The van der Waals surface area contributed by atoms with Gasteiger partial charge in [-0.15, -0.1) is 0 Å². The van der Waals surface area contributed by atoms with Crippen molar-refractivity contribution < 1.29 is 4.79 Å². The van der Waals surface area contributed by atoms with Crippen LogP contribution in [0.5, 0.6) is 0 Å². The molecule has 8 heteroatoms. The van der Waals surface area contributed by atoms with Crippen LogP contribution in [0.15, 0.2) is 73.2 Å². The molecule has 3 heterocycles. The normalized spacial score (nSPS) is 14.3. The Balaban J connectivity index is 1.30. The van der Waals surface area contributed by atoms with Crippen LogP contribution in [0.4, 0.5) is 17.3 Å². The van der Waals surface area contributed by atoms with Crippen LogP contribution in [0.3, 0.4) is 0 Å². The molecular weight excluding hydrogens is 498 g/mol. The molecule has 1 aliphatic heterocycles. The highest BCUT2D eigenvalue weighted by Gasteiger charge is 2.18. The number of rotatable bonds is 8. The number of anilines is 3. The van der Waals surface area contributed by atoms with Gasteiger partial charge in [-0.05, 0) is 79.0 Å². The number of pyridine rings is 1. The number of benzene rings is 2. The molecule has 0 saturated carbocycles. The van der Waals surface area contributed by atoms with Gasteiger partial charge in [-0.25, -0.2) is 9.97 Å². The molecular formula is C32H37N7O. The molecule has 2 N–H and O–H groups in total. The highest BCUT2D eigenvalue weighted by Crippen LogP contribution is 2.26. The first-order chi connectivity index (χ1) is 19.4. The van der Waals surface area contributed by atoms with E-state index in [0.29, 0.717) is 23.1 Å². The summed E-state index contributed by atoms with van der Waals surface area (Å²) in [5.74, 6) is 0.677. The van der Waals surface area contributed by atoms with Crippen LogP contribution in [-0.4, -0.2) is 63.9 Å². The first-order valence-corrected chi connectivity index (χ1v) is 13.8. The minimum atomic E-state index is -0.127. The molecule has 1 aliphatic rings. The first-order valence-electron chi connectivity index (χ1n) is 13.8. The van der Waals surface area contributed by atoms with E-state index in [4.69, 9.17) is 0 Å². The van der Waals surface area contributed by atoms with Crippen LogP contribution >= 0.6 is 0 Å². The maximum atomic E-state index is 13.3. The quantitative estimate of drug-likeness (QED) is 0.299. The highest BCUT2D eigenvalue weighted by atomic mass is 16.1. The molecule has 0 spiro atoms. The molecule has 0 atom stereocenters. The van der Waals surface area contributed by atoms with Gasteiger partial charge in [0.05, 0.1) is 5.69 Å². The van der Waals surface area contributed by atoms with Gasteiger partial charge in [-0.1, -0.05) is 26.0 Å². The van der Waals surface area contributed by atoms with E-state index in [-0.39, 0.29) is 5.91 Å². The lowest BCUT2D eigenvalue weighted by Crippen LogP contribution is -2.44. The summed E-state index contributed by atoms with van der Waals surface area (Å²) in [7, 11) is 2.17. The molecule has 1 amide bonds. The summed E-state index contributed by atoms with van der Waals surface area (Å²) < 4.78 is 0. The lowest BCUT2D eigenvalue weighted by molar-refractivity contribution is 0.102. The minimum Gasteiger partial charge on any atom is -0.324 e. The number of carbonyl (C=O) groups is 1. The van der Waals surface area contributed by atoms with Crippen LogP contribution in [0.1, 0.15) is 46.8 Å². The molecule has 0 bridgehead atoms. The largest absolute Gasteiger partial charge is 0.324 e. The standard InChI is InChI=1S/C32H37N7O/c1-22(2)28-18-24(8-9-26(28)21-39-16-14-38(4)15-17-39)31(40)35-27-10-7-23(3)30(19-27)37-32-34-13-11-29(36-32)25-6-5-12-33-20-25/h5-13,18-20,22H,14-17,21H2,1-4H3,(H,35,40)(H,34,36,37). The van der Waals surface area contributed by atoms with Gasteiger partial charge in [0.25, 0.3) is 5.91 Å². The van der Waals surface area contributed by atoms with Crippen LogP contribution in [0, 0.1) is 6.92 Å². The van der Waals surface area contributed by atoms with Crippen molar-refractivity contribution in [3.8, 4) is 11.3 Å². The number of nitrogens with one attached hydrogen (secondary N) is 2. The fourth-order valence-corrected chi connectivity index (χ4v) is 4.92. The number of piperazine rings is 1. The number of nitrogens with zero attached hydrogens (tertiary/aromatic N) is 5. The second kappa shape index (κ2) is 12.4. The third kappa shape index (κ3) is 6.70. The molecule has 0 radical (unpaired) electrons. The van der Waals surface area contributed by atoms with Gasteiger partial charge in [-0.3, -0.25) is 14.7 Å². The predicted molar refractivity (Wildman–Crippen MR) is 161 cm³/mol. The molecule has 1 fully saturated rings. The van der Waals surface area contributed by atoms with Crippen molar-refractivity contribution in [1.29, 1.82) is 0 Å². The Kier molecular flexibility index (Phi) is 8.48. The Morgan fingerprint density at radius 3 is 2.58 bits per heavy atom. The van der Waals surface area contributed by atoms with E-state index in [1.807, 2.05) is 49.4 Å². The van der Waals surface area contributed by atoms with E-state index < -0.39 is 0 Å². The van der Waals surface area contributed by atoms with E-state index in [2.05, 4.69) is 68.4 Å². The van der Waals surface area contributed by atoms with Crippen LogP contribution < -0.4 is 10.6 Å². The highest BCUT2D eigenvalue weighted by molar-refractivity contribution is 6.04. The number of amides is 1. The Hall–Kier alpha value is -4.14. The summed E-state index contributed by atoms with van der Waals surface area (Å²) in [4.78, 5) is 31.4. The van der Waals surface area contributed by atoms with Crippen LogP contribution in [0.25, 0.3) is 11.3 Å². The third-order valence-electron chi connectivity index (χ3n) is 7.37. The number of likely N-dealkylation sites (N-methyl/N-ethyl adjacent to an activating group) is 1. The second-order valence-corrected chi connectivity index (χ2v) is 10.8. The minimum absolute atomic E-state index is 0.127. The van der Waals surface area contributed by atoms with Crippen molar-refractivity contribution in [2.24, 2.45) is 0 Å². The van der Waals surface area contributed by atoms with Crippen molar-refractivity contribution in [2.75, 3.05) is 43.9 Å². The van der Waals surface area contributed by atoms with Crippen molar-refractivity contribution in [3.63, 3.8) is 0 Å². The summed E-state index contributed by atoms with van der Waals surface area (Å²) in [6.07, 6.45) is 5.23. The summed E-state index contributed by atoms with van der Waals surface area (Å²) in [6, 6.07) is 17.6. The lowest BCUT2D eigenvalue weighted by Gasteiger charge is -2.33. The number of hydrogen-bond donors (Lipinski definition) is 2. The fourth-order valence-electron chi connectivity index (χ4n) is 4.92. The van der Waals surface area contributed by atoms with E-state index in [1.165, 1.54) is 11.1 Å². The third-order valence-corrected chi connectivity index (χ3v) is 7.37. The molecule has 40 heavy (non-hydrogen) atoms. The Bertz CT molecular complexity index is 1460. The number of aryl methyl sites for hydroxylation is 1. The molecule has 1 saturated heterocycles. The van der Waals surface area contributed by atoms with E-state index >= 15 is 0 Å². The number of hydrogen-bond acceptors (Lipinski definition) is 7. The summed E-state index contributed by atoms with van der Waals surface area (Å²) >= 11 is 0. The van der Waals surface area contributed by atoms with E-state index in [0.717, 1.165) is 55.2 Å². The van der Waals surface area contributed by atoms with E-state index in [1.54, 1.807) is 18.6 Å². The number of carbonyl (C=O) groups excluding carboxylic acids is 1. The zero-order valence-corrected chi connectivity index (χ0v) is 23.7. The van der Waals surface area contributed by atoms with Crippen molar-refractivity contribution in [1.82, 2.24) is 24.8 Å². The summed E-state index contributed by atoms with van der Waals surface area (Å²) in [5, 5.41) is 6.38. The summed E-state index contributed by atoms with van der Waals surface area (Å²) in [6.45, 7) is 11.6. The van der Waals surface area contributed by atoms with Gasteiger partial charge in [-0.2, -0.15) is 0 Å². The average molecular weight is 536 g/mol. The lowest BCUT2D eigenvalue weighted by atomic mass is 9.94. The maximum Gasteiger partial charge on any atom is 0.255 e. The van der Waals surface area contributed by atoms with Crippen molar-refractivity contribution in [2.45, 2.75) is 33.2 Å². The van der Waals surface area contributed by atoms with Crippen molar-refractivity contribution in [3.05, 3.63) is 95.4 Å². The molecule has 0 unspecified atom stereocenters. The maximum absolute atomic E-state index is 13.3. The molecule has 5 rings (SSSR count). The topological polar surface area (TPSA) is 86.3 Å². The van der Waals surface area contributed by atoms with Crippen LogP contribution in [0.2, 0.25) is 0 Å². The Labute approximate surface area is 236 Å². The van der Waals surface area contributed by atoms with Crippen LogP contribution in [-0.2, 0) is 6.54 Å². The smallest absolute Gasteiger partial charge is 0.255 e. The van der Waals surface area contributed by atoms with Gasteiger partial charge in [0.2, 0.25) is 5.95 Å². The Morgan fingerprint density at radius 1 is 1.00 bits per heavy atom. The average Bonchev–Trinajstić information content (AvgIpc) is 2.96. The number of aromatic nitrogens is 3. The monoisotopic (exact) mass is 535 g/mol. The van der Waals surface area contributed by atoms with Gasteiger partial charge < -0.3 is 15.5 Å². The first kappa shape index (κ1) is 27.4. The molecule has 2 aromatic carbocycles. The Morgan fingerprint density at radius 2 is 1.82 bits per heavy atom. The van der Waals surface area contributed by atoms with Gasteiger partial charge >= 0.3 is 0 Å². The fraction of sp³-hybridized carbons (Fsp3) is 0.312. The predicted octanol–water partition coefficient (Wildman–Crippen LogP) is 5.71. The van der Waals surface area contributed by atoms with Gasteiger partial charge in [0.1, 0.15) is 0 Å². The van der Waals surface area contributed by atoms with Gasteiger partial charge in [0.15, 0.2) is 0 Å². The molecule has 8 nitrogen and oxygen atoms in total. The molecule has 4 aromatic rings. The zero-order chi connectivity index (χ0) is 28.1. The summed E-state index contributed by atoms with van der Waals surface area (Å²) in [5.41, 5.74) is 7.43. The van der Waals surface area contributed by atoms with Crippen molar-refractivity contribution >= 4 is 23.2 Å². The second-order valence-electron chi connectivity index (χ2n) is 10.8.